The van der Waals surface area contributed by atoms with E-state index in [4.69, 9.17) is 23.2 Å². The summed E-state index contributed by atoms with van der Waals surface area (Å²) < 4.78 is 0. The van der Waals surface area contributed by atoms with Gasteiger partial charge in [0.1, 0.15) is 0 Å². The molecule has 4 aromatic rings. The second-order valence-corrected chi connectivity index (χ2v) is 7.28. The van der Waals surface area contributed by atoms with E-state index in [9.17, 15) is 9.59 Å². The van der Waals surface area contributed by atoms with Crippen LogP contribution in [0, 0.1) is 0 Å². The number of carbonyl (C=O) groups is 2. The van der Waals surface area contributed by atoms with Gasteiger partial charge in [0, 0.05) is 32.3 Å². The normalized spacial score (nSPS) is 9.93. The van der Waals surface area contributed by atoms with Crippen LogP contribution in [-0.4, -0.2) is 11.6 Å². The Morgan fingerprint density at radius 1 is 0.400 bits per heavy atom. The molecule has 30 heavy (non-hydrogen) atoms. The Kier molecular flexibility index (Phi) is 7.56. The molecule has 0 heterocycles. The summed E-state index contributed by atoms with van der Waals surface area (Å²) in [6.45, 7) is 0. The van der Waals surface area contributed by atoms with E-state index in [1.54, 1.807) is 72.8 Å². The summed E-state index contributed by atoms with van der Waals surface area (Å²) in [5, 5.41) is 1.28. The van der Waals surface area contributed by atoms with E-state index in [0.717, 1.165) is 0 Å². The average Bonchev–Trinajstić information content (AvgIpc) is 2.81. The van der Waals surface area contributed by atoms with Crippen molar-refractivity contribution in [3.63, 3.8) is 0 Å². The van der Waals surface area contributed by atoms with Crippen molar-refractivity contribution >= 4 is 34.8 Å². The highest BCUT2D eigenvalue weighted by Gasteiger charge is 2.08. The Morgan fingerprint density at radius 3 is 0.967 bits per heavy atom. The summed E-state index contributed by atoms with van der Waals surface area (Å²) in [5.74, 6) is 0.0412. The standard InChI is InChI=1S/2C13H9ClO/c2*14-12-8-6-11(7-9-12)13(15)10-4-2-1-3-5-10/h2*1-9H. The Balaban J connectivity index is 0.000000171. The van der Waals surface area contributed by atoms with Crippen LogP contribution in [0.15, 0.2) is 109 Å². The number of hydrogen-bond donors (Lipinski definition) is 0. The highest BCUT2D eigenvalue weighted by molar-refractivity contribution is 6.31. The van der Waals surface area contributed by atoms with Crippen LogP contribution in [0.3, 0.4) is 0 Å². The molecule has 0 radical (unpaired) electrons. The number of benzene rings is 4. The van der Waals surface area contributed by atoms with E-state index in [1.165, 1.54) is 0 Å². The minimum Gasteiger partial charge on any atom is -0.289 e. The van der Waals surface area contributed by atoms with Gasteiger partial charge in [0.05, 0.1) is 0 Å². The molecule has 0 aliphatic rings. The first-order chi connectivity index (χ1) is 14.5. The first-order valence-electron chi connectivity index (χ1n) is 9.25. The van der Waals surface area contributed by atoms with Crippen LogP contribution < -0.4 is 0 Å². The molecule has 0 saturated carbocycles. The lowest BCUT2D eigenvalue weighted by Crippen LogP contribution is -1.99. The fourth-order valence-corrected chi connectivity index (χ4v) is 2.97. The number of ketones is 2. The molecule has 0 aliphatic carbocycles. The Labute approximate surface area is 185 Å². The Bertz CT molecular complexity index is 1010. The number of hydrogen-bond acceptors (Lipinski definition) is 2. The van der Waals surface area contributed by atoms with Crippen molar-refractivity contribution in [3.8, 4) is 0 Å². The van der Waals surface area contributed by atoms with E-state index < -0.39 is 0 Å². The highest BCUT2D eigenvalue weighted by Crippen LogP contribution is 2.14. The molecule has 0 amide bonds. The van der Waals surface area contributed by atoms with Gasteiger partial charge in [-0.25, -0.2) is 0 Å². The smallest absolute Gasteiger partial charge is 0.193 e. The van der Waals surface area contributed by atoms with Crippen LogP contribution in [0.2, 0.25) is 10.0 Å². The van der Waals surface area contributed by atoms with Crippen molar-refractivity contribution in [1.82, 2.24) is 0 Å². The molecule has 4 aromatic carbocycles. The highest BCUT2D eigenvalue weighted by atomic mass is 35.5. The molecule has 0 atom stereocenters. The summed E-state index contributed by atoms with van der Waals surface area (Å²) in [5.41, 5.74) is 2.70. The second kappa shape index (κ2) is 10.5. The van der Waals surface area contributed by atoms with Crippen molar-refractivity contribution in [2.75, 3.05) is 0 Å². The number of halogens is 2. The van der Waals surface area contributed by atoms with Gasteiger partial charge < -0.3 is 0 Å². The van der Waals surface area contributed by atoms with E-state index in [2.05, 4.69) is 0 Å². The summed E-state index contributed by atoms with van der Waals surface area (Å²) >= 11 is 11.5. The van der Waals surface area contributed by atoms with Gasteiger partial charge in [-0.05, 0) is 48.5 Å². The molecular weight excluding hydrogens is 415 g/mol. The molecule has 4 rings (SSSR count). The predicted octanol–water partition coefficient (Wildman–Crippen LogP) is 7.14. The largest absolute Gasteiger partial charge is 0.289 e. The van der Waals surface area contributed by atoms with Gasteiger partial charge in [-0.3, -0.25) is 9.59 Å². The Hall–Kier alpha value is -3.20. The summed E-state index contributed by atoms with van der Waals surface area (Å²) in [4.78, 5) is 23.8. The van der Waals surface area contributed by atoms with Crippen molar-refractivity contribution in [1.29, 1.82) is 0 Å². The zero-order valence-corrected chi connectivity index (χ0v) is 17.5. The van der Waals surface area contributed by atoms with Crippen molar-refractivity contribution in [2.24, 2.45) is 0 Å². The molecule has 0 unspecified atom stereocenters. The maximum Gasteiger partial charge on any atom is 0.193 e. The van der Waals surface area contributed by atoms with Crippen LogP contribution in [0.25, 0.3) is 0 Å². The second-order valence-electron chi connectivity index (χ2n) is 6.40. The fraction of sp³-hybridized carbons (Fsp3) is 0. The lowest BCUT2D eigenvalue weighted by Gasteiger charge is -2.00. The molecule has 0 bridgehead atoms. The summed E-state index contributed by atoms with van der Waals surface area (Å²) in [6.07, 6.45) is 0. The fourth-order valence-electron chi connectivity index (χ4n) is 2.71. The van der Waals surface area contributed by atoms with Gasteiger partial charge in [-0.15, -0.1) is 0 Å². The molecule has 4 heteroatoms. The molecule has 0 aliphatic heterocycles. The monoisotopic (exact) mass is 432 g/mol. The van der Waals surface area contributed by atoms with Gasteiger partial charge in [0.2, 0.25) is 0 Å². The minimum atomic E-state index is 0.0206. The van der Waals surface area contributed by atoms with Crippen LogP contribution >= 0.6 is 23.2 Å². The zero-order valence-electron chi connectivity index (χ0n) is 16.0. The number of rotatable bonds is 4. The van der Waals surface area contributed by atoms with Gasteiger partial charge in [0.25, 0.3) is 0 Å². The van der Waals surface area contributed by atoms with E-state index in [1.807, 2.05) is 36.4 Å². The predicted molar refractivity (Wildman–Crippen MR) is 123 cm³/mol. The molecule has 0 fully saturated rings. The van der Waals surface area contributed by atoms with E-state index >= 15 is 0 Å². The van der Waals surface area contributed by atoms with Gasteiger partial charge in [-0.2, -0.15) is 0 Å². The molecule has 0 aromatic heterocycles. The van der Waals surface area contributed by atoms with Crippen LogP contribution in [-0.2, 0) is 0 Å². The lowest BCUT2D eigenvalue weighted by molar-refractivity contribution is 0.103. The quantitative estimate of drug-likeness (QED) is 0.321. The Morgan fingerprint density at radius 2 is 0.667 bits per heavy atom. The van der Waals surface area contributed by atoms with Crippen LogP contribution in [0.1, 0.15) is 31.8 Å². The van der Waals surface area contributed by atoms with Gasteiger partial charge in [-0.1, -0.05) is 83.9 Å². The first-order valence-corrected chi connectivity index (χ1v) is 10.0. The van der Waals surface area contributed by atoms with Crippen molar-refractivity contribution in [3.05, 3.63) is 141 Å². The molecule has 148 valence electrons. The molecule has 0 N–H and O–H groups in total. The molecular formula is C26H18Cl2O2. The first kappa shape index (κ1) is 21.5. The SMILES string of the molecule is O=C(c1ccccc1)c1ccc(Cl)cc1.O=C(c1ccccc1)c1ccc(Cl)cc1. The summed E-state index contributed by atoms with van der Waals surface area (Å²) in [6, 6.07) is 32.2. The van der Waals surface area contributed by atoms with Crippen LogP contribution in [0.5, 0.6) is 0 Å². The molecule has 0 saturated heterocycles. The van der Waals surface area contributed by atoms with Crippen molar-refractivity contribution in [2.45, 2.75) is 0 Å². The summed E-state index contributed by atoms with van der Waals surface area (Å²) in [7, 11) is 0. The third-order valence-corrected chi connectivity index (χ3v) is 4.79. The van der Waals surface area contributed by atoms with Crippen molar-refractivity contribution < 1.29 is 9.59 Å². The van der Waals surface area contributed by atoms with E-state index in [-0.39, 0.29) is 11.6 Å². The third-order valence-electron chi connectivity index (χ3n) is 4.28. The number of carbonyl (C=O) groups excluding carboxylic acids is 2. The van der Waals surface area contributed by atoms with Gasteiger partial charge in [0.15, 0.2) is 11.6 Å². The maximum absolute atomic E-state index is 11.9. The maximum atomic E-state index is 11.9. The molecule has 2 nitrogen and oxygen atoms in total. The van der Waals surface area contributed by atoms with Gasteiger partial charge >= 0.3 is 0 Å². The minimum absolute atomic E-state index is 0.0206. The third kappa shape index (κ3) is 5.90. The van der Waals surface area contributed by atoms with E-state index in [0.29, 0.717) is 32.3 Å². The topological polar surface area (TPSA) is 34.1 Å². The zero-order chi connectivity index (χ0) is 21.3. The average molecular weight is 433 g/mol. The van der Waals surface area contributed by atoms with Crippen LogP contribution in [0.4, 0.5) is 0 Å². The lowest BCUT2D eigenvalue weighted by atomic mass is 10.0. The molecule has 0 spiro atoms.